The maximum absolute atomic E-state index is 9.38. The summed E-state index contributed by atoms with van der Waals surface area (Å²) in [5.74, 6) is 1.11. The minimum absolute atomic E-state index is 0.0525. The van der Waals surface area contributed by atoms with Crippen LogP contribution >= 0.6 is 0 Å². The lowest BCUT2D eigenvalue weighted by Gasteiger charge is -2.26. The fraction of sp³-hybridized carbons (Fsp3) is 0.462. The van der Waals surface area contributed by atoms with Gasteiger partial charge >= 0.3 is 0 Å². The smallest absolute Gasteiger partial charge is 0.117 e. The molecule has 0 fully saturated rings. The molecule has 1 atom stereocenters. The Kier molecular flexibility index (Phi) is 2.83. The molecule has 4 nitrogen and oxygen atoms in total. The number of nitrogens with zero attached hydrogens (tertiary/aromatic N) is 1. The van der Waals surface area contributed by atoms with Crippen LogP contribution in [0.15, 0.2) is 18.2 Å². The summed E-state index contributed by atoms with van der Waals surface area (Å²) in [5.41, 5.74) is 7.89. The second-order valence-corrected chi connectivity index (χ2v) is 5.56. The number of fused-ring (bicyclic) bond motifs is 1. The third-order valence-electron chi connectivity index (χ3n) is 3.04. The number of phenolic OH excluding ortho intramolecular Hbond substituents is 1. The van der Waals surface area contributed by atoms with Gasteiger partial charge in [-0.05, 0) is 17.5 Å². The number of aromatic hydroxyl groups is 1. The van der Waals surface area contributed by atoms with Crippen LogP contribution in [0.1, 0.15) is 26.6 Å². The van der Waals surface area contributed by atoms with Gasteiger partial charge in [-0.15, -0.1) is 0 Å². The summed E-state index contributed by atoms with van der Waals surface area (Å²) in [6.45, 7) is 6.35. The standard InChI is InChI=1S/C13H19N3O/c1-13(2,3)11(14)7-12-15-9-5-4-8(17)6-10(9)16-12/h4-6,11,17H,7,14H2,1-3H3,(H,15,16). The van der Waals surface area contributed by atoms with Gasteiger partial charge < -0.3 is 15.8 Å². The van der Waals surface area contributed by atoms with Crippen LogP contribution in [-0.4, -0.2) is 21.1 Å². The number of H-pyrrole nitrogens is 1. The number of hydrogen-bond acceptors (Lipinski definition) is 3. The first kappa shape index (κ1) is 11.9. The molecule has 0 saturated heterocycles. The van der Waals surface area contributed by atoms with E-state index >= 15 is 0 Å². The van der Waals surface area contributed by atoms with E-state index in [1.807, 2.05) is 0 Å². The van der Waals surface area contributed by atoms with Gasteiger partial charge in [0.25, 0.3) is 0 Å². The molecule has 0 bridgehead atoms. The Morgan fingerprint density at radius 1 is 1.41 bits per heavy atom. The van der Waals surface area contributed by atoms with E-state index in [1.54, 1.807) is 18.2 Å². The summed E-state index contributed by atoms with van der Waals surface area (Å²) >= 11 is 0. The molecule has 2 rings (SSSR count). The molecule has 0 amide bonds. The largest absolute Gasteiger partial charge is 0.508 e. The van der Waals surface area contributed by atoms with Crippen molar-refractivity contribution in [3.63, 3.8) is 0 Å². The maximum atomic E-state index is 9.38. The molecule has 92 valence electrons. The van der Waals surface area contributed by atoms with Crippen LogP contribution < -0.4 is 5.73 Å². The molecule has 2 aromatic rings. The fourth-order valence-electron chi connectivity index (χ4n) is 1.66. The minimum Gasteiger partial charge on any atom is -0.508 e. The van der Waals surface area contributed by atoms with E-state index in [1.165, 1.54) is 0 Å². The van der Waals surface area contributed by atoms with Crippen molar-refractivity contribution in [3.8, 4) is 5.75 Å². The van der Waals surface area contributed by atoms with E-state index < -0.39 is 0 Å². The number of phenols is 1. The lowest BCUT2D eigenvalue weighted by molar-refractivity contribution is 0.315. The van der Waals surface area contributed by atoms with E-state index in [4.69, 9.17) is 5.73 Å². The Morgan fingerprint density at radius 2 is 2.12 bits per heavy atom. The third kappa shape index (κ3) is 2.58. The van der Waals surface area contributed by atoms with Gasteiger partial charge in [0.1, 0.15) is 11.6 Å². The first-order valence-electron chi connectivity index (χ1n) is 5.79. The Hall–Kier alpha value is -1.55. The number of aromatic amines is 1. The first-order valence-corrected chi connectivity index (χ1v) is 5.79. The first-order chi connectivity index (χ1) is 7.86. The van der Waals surface area contributed by atoms with Crippen molar-refractivity contribution in [2.75, 3.05) is 0 Å². The van der Waals surface area contributed by atoms with E-state index in [0.717, 1.165) is 16.9 Å². The number of rotatable bonds is 2. The van der Waals surface area contributed by atoms with Crippen LogP contribution in [0.4, 0.5) is 0 Å². The molecular formula is C13H19N3O. The van der Waals surface area contributed by atoms with Crippen LogP contribution in [-0.2, 0) is 6.42 Å². The average molecular weight is 233 g/mol. The Morgan fingerprint density at radius 3 is 2.76 bits per heavy atom. The normalized spacial score (nSPS) is 14.1. The van der Waals surface area contributed by atoms with Crippen LogP contribution in [0.2, 0.25) is 0 Å². The zero-order valence-corrected chi connectivity index (χ0v) is 10.5. The van der Waals surface area contributed by atoms with Gasteiger partial charge in [0, 0.05) is 18.5 Å². The van der Waals surface area contributed by atoms with Gasteiger partial charge in [0.05, 0.1) is 11.0 Å². The van der Waals surface area contributed by atoms with Crippen molar-refractivity contribution in [3.05, 3.63) is 24.0 Å². The second kappa shape index (κ2) is 4.04. The van der Waals surface area contributed by atoms with Crippen molar-refractivity contribution in [2.45, 2.75) is 33.2 Å². The lowest BCUT2D eigenvalue weighted by Crippen LogP contribution is -2.37. The number of aromatic nitrogens is 2. The summed E-state index contributed by atoms with van der Waals surface area (Å²) in [6.07, 6.45) is 0.707. The summed E-state index contributed by atoms with van der Waals surface area (Å²) in [7, 11) is 0. The Labute approximate surface area is 101 Å². The lowest BCUT2D eigenvalue weighted by atomic mass is 9.85. The number of nitrogens with two attached hydrogens (primary N) is 1. The van der Waals surface area contributed by atoms with E-state index in [-0.39, 0.29) is 17.2 Å². The van der Waals surface area contributed by atoms with Crippen molar-refractivity contribution in [1.82, 2.24) is 9.97 Å². The van der Waals surface area contributed by atoms with Gasteiger partial charge in [-0.3, -0.25) is 0 Å². The summed E-state index contributed by atoms with van der Waals surface area (Å²) < 4.78 is 0. The SMILES string of the molecule is CC(C)(C)C(N)Cc1nc2ccc(O)cc2[nH]1. The van der Waals surface area contributed by atoms with Gasteiger partial charge in [0.15, 0.2) is 0 Å². The Balaban J connectivity index is 2.25. The number of imidazole rings is 1. The molecule has 4 N–H and O–H groups in total. The van der Waals surface area contributed by atoms with Crippen molar-refractivity contribution >= 4 is 11.0 Å². The molecule has 0 saturated carbocycles. The number of benzene rings is 1. The van der Waals surface area contributed by atoms with Crippen LogP contribution in [0.3, 0.4) is 0 Å². The van der Waals surface area contributed by atoms with Crippen LogP contribution in [0.5, 0.6) is 5.75 Å². The summed E-state index contributed by atoms with van der Waals surface area (Å²) in [6, 6.07) is 5.16. The van der Waals surface area contributed by atoms with Gasteiger partial charge in [-0.2, -0.15) is 0 Å². The molecular weight excluding hydrogens is 214 g/mol. The average Bonchev–Trinajstić information content (AvgIpc) is 2.57. The van der Waals surface area contributed by atoms with Gasteiger partial charge in [-0.1, -0.05) is 20.8 Å². The molecule has 1 aromatic carbocycles. The summed E-state index contributed by atoms with van der Waals surface area (Å²) in [4.78, 5) is 7.65. The Bertz CT molecular complexity index is 525. The quantitative estimate of drug-likeness (QED) is 0.744. The number of hydrogen-bond donors (Lipinski definition) is 3. The van der Waals surface area contributed by atoms with E-state index in [0.29, 0.717) is 6.42 Å². The van der Waals surface area contributed by atoms with E-state index in [2.05, 4.69) is 30.7 Å². The third-order valence-corrected chi connectivity index (χ3v) is 3.04. The van der Waals surface area contributed by atoms with Crippen molar-refractivity contribution in [1.29, 1.82) is 0 Å². The fourth-order valence-corrected chi connectivity index (χ4v) is 1.66. The molecule has 4 heteroatoms. The highest BCUT2D eigenvalue weighted by molar-refractivity contribution is 5.76. The molecule has 0 aliphatic heterocycles. The highest BCUT2D eigenvalue weighted by Crippen LogP contribution is 2.22. The maximum Gasteiger partial charge on any atom is 0.117 e. The van der Waals surface area contributed by atoms with Gasteiger partial charge in [0.2, 0.25) is 0 Å². The summed E-state index contributed by atoms with van der Waals surface area (Å²) in [5, 5.41) is 9.38. The molecule has 17 heavy (non-hydrogen) atoms. The molecule has 1 aromatic heterocycles. The molecule has 1 unspecified atom stereocenters. The van der Waals surface area contributed by atoms with Crippen molar-refractivity contribution in [2.24, 2.45) is 11.1 Å². The zero-order valence-electron chi connectivity index (χ0n) is 10.5. The monoisotopic (exact) mass is 233 g/mol. The zero-order chi connectivity index (χ0) is 12.6. The molecule has 0 spiro atoms. The highest BCUT2D eigenvalue weighted by Gasteiger charge is 2.21. The number of nitrogens with one attached hydrogen (secondary N) is 1. The van der Waals surface area contributed by atoms with Crippen LogP contribution in [0, 0.1) is 5.41 Å². The van der Waals surface area contributed by atoms with E-state index in [9.17, 15) is 5.11 Å². The molecule has 0 radical (unpaired) electrons. The van der Waals surface area contributed by atoms with Crippen molar-refractivity contribution < 1.29 is 5.11 Å². The predicted molar refractivity (Wildman–Crippen MR) is 68.9 cm³/mol. The second-order valence-electron chi connectivity index (χ2n) is 5.56. The predicted octanol–water partition coefficient (Wildman–Crippen LogP) is 2.18. The highest BCUT2D eigenvalue weighted by atomic mass is 16.3. The molecule has 0 aliphatic carbocycles. The molecule has 1 heterocycles. The minimum atomic E-state index is 0.0525. The van der Waals surface area contributed by atoms with Gasteiger partial charge in [-0.25, -0.2) is 4.98 Å². The topological polar surface area (TPSA) is 74.9 Å². The molecule has 0 aliphatic rings. The van der Waals surface area contributed by atoms with Crippen LogP contribution in [0.25, 0.3) is 11.0 Å².